The lowest BCUT2D eigenvalue weighted by atomic mass is 10.0. The zero-order valence-corrected chi connectivity index (χ0v) is 8.65. The Kier molecular flexibility index (Phi) is 3.02. The standard InChI is InChI=1S/C8H10BrClO/c1-11-7-2-4-8(9,6-10)5-3-7/h2-4H,5-6H2,1H3. The first-order valence-electron chi connectivity index (χ1n) is 3.38. The summed E-state index contributed by atoms with van der Waals surface area (Å²) in [6.07, 6.45) is 6.87. The summed E-state index contributed by atoms with van der Waals surface area (Å²) < 4.78 is 4.98. The van der Waals surface area contributed by atoms with Gasteiger partial charge in [0.1, 0.15) is 5.76 Å². The Morgan fingerprint density at radius 1 is 1.82 bits per heavy atom. The molecule has 0 radical (unpaired) electrons. The molecule has 0 amide bonds. The molecule has 0 bridgehead atoms. The number of allylic oxidation sites excluding steroid dienone is 3. The lowest BCUT2D eigenvalue weighted by molar-refractivity contribution is 0.302. The van der Waals surface area contributed by atoms with Gasteiger partial charge in [-0.1, -0.05) is 22.0 Å². The third-order valence-electron chi connectivity index (χ3n) is 1.65. The van der Waals surface area contributed by atoms with Gasteiger partial charge in [-0.25, -0.2) is 0 Å². The second kappa shape index (κ2) is 3.63. The van der Waals surface area contributed by atoms with Gasteiger partial charge in [0.2, 0.25) is 0 Å². The second-order valence-corrected chi connectivity index (χ2v) is 4.36. The van der Waals surface area contributed by atoms with E-state index in [9.17, 15) is 0 Å². The maximum atomic E-state index is 5.74. The van der Waals surface area contributed by atoms with Crippen molar-refractivity contribution in [2.24, 2.45) is 0 Å². The Labute approximate surface area is 80.2 Å². The van der Waals surface area contributed by atoms with E-state index in [4.69, 9.17) is 16.3 Å². The number of alkyl halides is 2. The van der Waals surface area contributed by atoms with Gasteiger partial charge in [0.25, 0.3) is 0 Å². The molecule has 1 nitrogen and oxygen atoms in total. The van der Waals surface area contributed by atoms with E-state index in [0.29, 0.717) is 5.88 Å². The molecule has 1 aliphatic carbocycles. The highest BCUT2D eigenvalue weighted by Crippen LogP contribution is 2.30. The topological polar surface area (TPSA) is 9.23 Å². The molecule has 1 aliphatic rings. The molecule has 0 spiro atoms. The Hall–Kier alpha value is 0.0500. The van der Waals surface area contributed by atoms with E-state index in [1.165, 1.54) is 0 Å². The molecule has 62 valence electrons. The third-order valence-corrected chi connectivity index (χ3v) is 3.31. The minimum absolute atomic E-state index is 0.0589. The van der Waals surface area contributed by atoms with Crippen molar-refractivity contribution >= 4 is 27.5 Å². The van der Waals surface area contributed by atoms with E-state index >= 15 is 0 Å². The summed E-state index contributed by atoms with van der Waals surface area (Å²) in [7, 11) is 1.66. The molecule has 1 atom stereocenters. The fourth-order valence-electron chi connectivity index (χ4n) is 0.888. The molecule has 0 aromatic carbocycles. The molecule has 0 fully saturated rings. The summed E-state index contributed by atoms with van der Waals surface area (Å²) >= 11 is 9.28. The maximum absolute atomic E-state index is 5.74. The van der Waals surface area contributed by atoms with Gasteiger partial charge in [0, 0.05) is 5.88 Å². The molecular weight excluding hydrogens is 227 g/mol. The summed E-state index contributed by atoms with van der Waals surface area (Å²) in [5.74, 6) is 1.49. The van der Waals surface area contributed by atoms with E-state index in [1.807, 2.05) is 18.2 Å². The average Bonchev–Trinajstić information content (AvgIpc) is 2.06. The van der Waals surface area contributed by atoms with E-state index in [2.05, 4.69) is 15.9 Å². The molecule has 0 heterocycles. The smallest absolute Gasteiger partial charge is 0.114 e. The minimum Gasteiger partial charge on any atom is -0.497 e. The van der Waals surface area contributed by atoms with Gasteiger partial charge in [-0.05, 0) is 18.6 Å². The lowest BCUT2D eigenvalue weighted by Gasteiger charge is -2.22. The Morgan fingerprint density at radius 2 is 2.55 bits per heavy atom. The van der Waals surface area contributed by atoms with Gasteiger partial charge in [-0.3, -0.25) is 0 Å². The molecule has 0 aromatic heterocycles. The molecule has 3 heteroatoms. The van der Waals surface area contributed by atoms with Crippen LogP contribution in [-0.2, 0) is 4.74 Å². The predicted molar refractivity (Wildman–Crippen MR) is 51.2 cm³/mol. The van der Waals surface area contributed by atoms with Crippen molar-refractivity contribution in [3.8, 4) is 0 Å². The predicted octanol–water partition coefficient (Wildman–Crippen LogP) is 2.85. The fraction of sp³-hybridized carbons (Fsp3) is 0.500. The first kappa shape index (κ1) is 9.14. The number of halogens is 2. The second-order valence-electron chi connectivity index (χ2n) is 2.52. The Balaban J connectivity index is 2.63. The lowest BCUT2D eigenvalue weighted by Crippen LogP contribution is -2.20. The van der Waals surface area contributed by atoms with Gasteiger partial charge < -0.3 is 4.74 Å². The molecule has 0 saturated carbocycles. The molecule has 0 aliphatic heterocycles. The highest BCUT2D eigenvalue weighted by Gasteiger charge is 2.23. The van der Waals surface area contributed by atoms with Gasteiger partial charge in [-0.15, -0.1) is 11.6 Å². The van der Waals surface area contributed by atoms with E-state index in [1.54, 1.807) is 7.11 Å². The fourth-order valence-corrected chi connectivity index (χ4v) is 1.38. The summed E-state index contributed by atoms with van der Waals surface area (Å²) in [5, 5.41) is 0. The zero-order chi connectivity index (χ0) is 8.32. The summed E-state index contributed by atoms with van der Waals surface area (Å²) in [6, 6.07) is 0. The van der Waals surface area contributed by atoms with Crippen LogP contribution in [0.4, 0.5) is 0 Å². The maximum Gasteiger partial charge on any atom is 0.114 e. The van der Waals surface area contributed by atoms with E-state index < -0.39 is 0 Å². The van der Waals surface area contributed by atoms with Crippen molar-refractivity contribution in [1.29, 1.82) is 0 Å². The van der Waals surface area contributed by atoms with Crippen LogP contribution in [0.5, 0.6) is 0 Å². The number of hydrogen-bond acceptors (Lipinski definition) is 1. The monoisotopic (exact) mass is 236 g/mol. The first-order chi connectivity index (χ1) is 5.20. The molecule has 0 N–H and O–H groups in total. The van der Waals surface area contributed by atoms with Crippen LogP contribution in [-0.4, -0.2) is 17.3 Å². The van der Waals surface area contributed by atoms with Crippen molar-refractivity contribution in [2.75, 3.05) is 13.0 Å². The number of rotatable bonds is 2. The zero-order valence-electron chi connectivity index (χ0n) is 6.31. The van der Waals surface area contributed by atoms with Gasteiger partial charge in [0.05, 0.1) is 11.4 Å². The van der Waals surface area contributed by atoms with E-state index in [-0.39, 0.29) is 4.32 Å². The van der Waals surface area contributed by atoms with Crippen LogP contribution in [0.1, 0.15) is 6.42 Å². The van der Waals surface area contributed by atoms with Crippen LogP contribution in [0, 0.1) is 0 Å². The molecule has 0 saturated heterocycles. The Bertz CT molecular complexity index is 200. The molecule has 0 aromatic rings. The van der Waals surface area contributed by atoms with Crippen LogP contribution in [0.3, 0.4) is 0 Å². The minimum atomic E-state index is -0.0589. The van der Waals surface area contributed by atoms with Gasteiger partial charge in [0.15, 0.2) is 0 Å². The summed E-state index contributed by atoms with van der Waals surface area (Å²) in [6.45, 7) is 0. The van der Waals surface area contributed by atoms with E-state index in [0.717, 1.165) is 12.2 Å². The summed E-state index contributed by atoms with van der Waals surface area (Å²) in [4.78, 5) is 0. The normalized spacial score (nSPS) is 29.9. The molecule has 1 unspecified atom stereocenters. The number of hydrogen-bond donors (Lipinski definition) is 0. The summed E-state index contributed by atoms with van der Waals surface area (Å²) in [5.41, 5.74) is 0. The van der Waals surface area contributed by atoms with Crippen LogP contribution < -0.4 is 0 Å². The molecule has 11 heavy (non-hydrogen) atoms. The number of methoxy groups -OCH3 is 1. The van der Waals surface area contributed by atoms with Crippen molar-refractivity contribution in [1.82, 2.24) is 0 Å². The highest BCUT2D eigenvalue weighted by molar-refractivity contribution is 9.10. The molecule has 1 rings (SSSR count). The van der Waals surface area contributed by atoms with Crippen LogP contribution in [0.15, 0.2) is 24.0 Å². The highest BCUT2D eigenvalue weighted by atomic mass is 79.9. The largest absolute Gasteiger partial charge is 0.497 e. The average molecular weight is 238 g/mol. The third kappa shape index (κ3) is 2.24. The quantitative estimate of drug-likeness (QED) is 0.671. The first-order valence-corrected chi connectivity index (χ1v) is 4.71. The van der Waals surface area contributed by atoms with Gasteiger partial charge in [-0.2, -0.15) is 0 Å². The molecular formula is C8H10BrClO. The SMILES string of the molecule is COC1=CCC(Br)(CCl)C=C1. The number of ether oxygens (including phenoxy) is 1. The van der Waals surface area contributed by atoms with Crippen LogP contribution in [0.2, 0.25) is 0 Å². The van der Waals surface area contributed by atoms with Gasteiger partial charge >= 0.3 is 0 Å². The van der Waals surface area contributed by atoms with Crippen molar-refractivity contribution in [2.45, 2.75) is 10.7 Å². The van der Waals surface area contributed by atoms with Crippen LogP contribution >= 0.6 is 27.5 Å². The van der Waals surface area contributed by atoms with Crippen LogP contribution in [0.25, 0.3) is 0 Å². The van der Waals surface area contributed by atoms with Crippen molar-refractivity contribution < 1.29 is 4.74 Å². The van der Waals surface area contributed by atoms with Crippen molar-refractivity contribution in [3.05, 3.63) is 24.0 Å². The van der Waals surface area contributed by atoms with Crippen molar-refractivity contribution in [3.63, 3.8) is 0 Å². The Morgan fingerprint density at radius 3 is 2.91 bits per heavy atom.